The lowest BCUT2D eigenvalue weighted by Crippen LogP contribution is -2.29. The van der Waals surface area contributed by atoms with E-state index in [1.54, 1.807) is 0 Å². The maximum absolute atomic E-state index is 10.5. The fourth-order valence-electron chi connectivity index (χ4n) is 0.475. The van der Waals surface area contributed by atoms with Gasteiger partial charge < -0.3 is 10.2 Å². The molecule has 0 bridgehead atoms. The van der Waals surface area contributed by atoms with Crippen molar-refractivity contribution in [2.24, 2.45) is 0 Å². The lowest BCUT2D eigenvalue weighted by molar-refractivity contribution is -0.116. The topological polar surface area (TPSA) is 32.3 Å². The van der Waals surface area contributed by atoms with Crippen LogP contribution in [0.5, 0.6) is 0 Å². The number of hydrogen-bond acceptors (Lipinski definition) is 2. The van der Waals surface area contributed by atoms with Gasteiger partial charge in [-0.15, -0.1) is 0 Å². The summed E-state index contributed by atoms with van der Waals surface area (Å²) < 4.78 is 0. The summed E-state index contributed by atoms with van der Waals surface area (Å²) in [5.41, 5.74) is 0. The minimum absolute atomic E-state index is 0. The van der Waals surface area contributed by atoms with E-state index >= 15 is 0 Å². The third-order valence-corrected chi connectivity index (χ3v) is 1.04. The monoisotopic (exact) mass is 144 g/mol. The fourth-order valence-corrected chi connectivity index (χ4v) is 0.475. The summed E-state index contributed by atoms with van der Waals surface area (Å²) in [5.74, 6) is -0.109. The second kappa shape index (κ2) is 4.99. The zero-order chi connectivity index (χ0) is 7.98. The van der Waals surface area contributed by atoms with Gasteiger partial charge in [-0.05, 0) is 20.2 Å². The summed E-state index contributed by atoms with van der Waals surface area (Å²) in [7, 11) is 3.92. The van der Waals surface area contributed by atoms with Crippen LogP contribution < -0.4 is 5.32 Å². The molecule has 0 fully saturated rings. The first kappa shape index (κ1) is 9.17. The van der Waals surface area contributed by atoms with Crippen LogP contribution in [-0.4, -0.2) is 38.0 Å². The quantitative estimate of drug-likeness (QED) is 0.567. The second-order valence-corrected chi connectivity index (χ2v) is 2.30. The Bertz CT molecular complexity index is 126. The fraction of sp³-hybridized carbons (Fsp3) is 0.571. The van der Waals surface area contributed by atoms with E-state index in [-0.39, 0.29) is 7.33 Å². The van der Waals surface area contributed by atoms with E-state index in [0.717, 1.165) is 6.54 Å². The molecule has 0 aliphatic heterocycles. The first-order valence-corrected chi connectivity index (χ1v) is 3.22. The predicted octanol–water partition coefficient (Wildman–Crippen LogP) is 0.0962. The molecular formula is C7H16N2O. The number of nitrogens with zero attached hydrogens (tertiary/aromatic N) is 1. The number of amides is 1. The average molecular weight is 144 g/mol. The van der Waals surface area contributed by atoms with Crippen LogP contribution in [0.1, 0.15) is 1.43 Å². The Morgan fingerprint density at radius 2 is 2.40 bits per heavy atom. The minimum Gasteiger partial charge on any atom is -0.351 e. The Kier molecular flexibility index (Phi) is 4.58. The summed E-state index contributed by atoms with van der Waals surface area (Å²) >= 11 is 0. The van der Waals surface area contributed by atoms with Crippen molar-refractivity contribution in [3.05, 3.63) is 12.7 Å². The van der Waals surface area contributed by atoms with E-state index < -0.39 is 0 Å². The Morgan fingerprint density at radius 1 is 1.80 bits per heavy atom. The van der Waals surface area contributed by atoms with Crippen molar-refractivity contribution in [2.45, 2.75) is 0 Å². The highest BCUT2D eigenvalue weighted by molar-refractivity contribution is 5.86. The molecule has 0 unspecified atom stereocenters. The van der Waals surface area contributed by atoms with Crippen LogP contribution in [0, 0.1) is 0 Å². The summed E-state index contributed by atoms with van der Waals surface area (Å²) in [6.45, 7) is 4.87. The van der Waals surface area contributed by atoms with Gasteiger partial charge in [0.25, 0.3) is 0 Å². The summed E-state index contributed by atoms with van der Waals surface area (Å²) in [6, 6.07) is 0. The molecule has 0 atom stereocenters. The van der Waals surface area contributed by atoms with Crippen LogP contribution in [0.25, 0.3) is 0 Å². The average Bonchev–Trinajstić information content (AvgIpc) is 1.87. The van der Waals surface area contributed by atoms with Gasteiger partial charge in [0.1, 0.15) is 0 Å². The van der Waals surface area contributed by atoms with Crippen molar-refractivity contribution in [3.8, 4) is 0 Å². The first-order valence-electron chi connectivity index (χ1n) is 3.22. The van der Waals surface area contributed by atoms with E-state index in [2.05, 4.69) is 11.9 Å². The molecular weight excluding hydrogens is 128 g/mol. The lowest BCUT2D eigenvalue weighted by atomic mass is 10.5. The molecule has 0 saturated heterocycles. The largest absolute Gasteiger partial charge is 0.351 e. The number of carbonyl (C=O) groups is 1. The molecule has 0 aliphatic rings. The van der Waals surface area contributed by atoms with E-state index in [1.165, 1.54) is 6.08 Å². The zero-order valence-electron chi connectivity index (χ0n) is 6.55. The molecule has 0 radical (unpaired) electrons. The summed E-state index contributed by atoms with van der Waals surface area (Å²) in [5, 5.41) is 2.66. The molecule has 60 valence electrons. The van der Waals surface area contributed by atoms with Crippen LogP contribution >= 0.6 is 0 Å². The molecule has 0 rings (SSSR count). The number of nitrogens with one attached hydrogen (secondary N) is 1. The van der Waals surface area contributed by atoms with E-state index in [0.29, 0.717) is 6.54 Å². The van der Waals surface area contributed by atoms with Crippen LogP contribution in [0.2, 0.25) is 0 Å². The second-order valence-electron chi connectivity index (χ2n) is 2.30. The molecule has 10 heavy (non-hydrogen) atoms. The van der Waals surface area contributed by atoms with Crippen molar-refractivity contribution >= 4 is 5.91 Å². The lowest BCUT2D eigenvalue weighted by Gasteiger charge is -2.08. The zero-order valence-corrected chi connectivity index (χ0v) is 6.55. The maximum Gasteiger partial charge on any atom is 0.243 e. The van der Waals surface area contributed by atoms with Crippen LogP contribution in [0.15, 0.2) is 12.7 Å². The highest BCUT2D eigenvalue weighted by Crippen LogP contribution is 1.71. The number of likely N-dealkylation sites (N-methyl/N-ethyl adjacent to an activating group) is 1. The van der Waals surface area contributed by atoms with Crippen LogP contribution in [0.4, 0.5) is 0 Å². The summed E-state index contributed by atoms with van der Waals surface area (Å²) in [6.07, 6.45) is 1.27. The Balaban J connectivity index is 0. The molecule has 0 saturated carbocycles. The van der Waals surface area contributed by atoms with Gasteiger partial charge in [-0.25, -0.2) is 0 Å². The van der Waals surface area contributed by atoms with Crippen molar-refractivity contribution in [3.63, 3.8) is 0 Å². The molecule has 0 spiro atoms. The van der Waals surface area contributed by atoms with Gasteiger partial charge >= 0.3 is 0 Å². The van der Waals surface area contributed by atoms with Crippen molar-refractivity contribution in [2.75, 3.05) is 27.2 Å². The molecule has 0 aromatic carbocycles. The van der Waals surface area contributed by atoms with Gasteiger partial charge in [-0.2, -0.15) is 0 Å². The van der Waals surface area contributed by atoms with Crippen LogP contribution in [-0.2, 0) is 4.79 Å². The Morgan fingerprint density at radius 3 is 2.80 bits per heavy atom. The highest BCUT2D eigenvalue weighted by atomic mass is 16.1. The highest BCUT2D eigenvalue weighted by Gasteiger charge is 1.92. The normalized spacial score (nSPS) is 9.50. The SMILES string of the molecule is C=CC(=O)NCCN(C)C.[HH]. The minimum atomic E-state index is -0.109. The van der Waals surface area contributed by atoms with Crippen molar-refractivity contribution in [1.82, 2.24) is 10.2 Å². The standard InChI is InChI=1S/C7H14N2O.H2/c1-4-7(10)8-5-6-9(2)3;/h4H,1,5-6H2,2-3H3,(H,8,10);1H. The number of hydrogen-bond donors (Lipinski definition) is 1. The third kappa shape index (κ3) is 5.31. The number of carbonyl (C=O) groups excluding carboxylic acids is 1. The molecule has 0 aliphatic carbocycles. The maximum atomic E-state index is 10.5. The molecule has 1 N–H and O–H groups in total. The van der Waals surface area contributed by atoms with Crippen LogP contribution in [0.3, 0.4) is 0 Å². The molecule has 3 heteroatoms. The Hall–Kier alpha value is -0.830. The predicted molar refractivity (Wildman–Crippen MR) is 43.9 cm³/mol. The molecule has 3 nitrogen and oxygen atoms in total. The molecule has 1 amide bonds. The Labute approximate surface area is 63.2 Å². The smallest absolute Gasteiger partial charge is 0.243 e. The molecule has 0 aromatic rings. The van der Waals surface area contributed by atoms with Gasteiger partial charge in [-0.1, -0.05) is 6.58 Å². The van der Waals surface area contributed by atoms with E-state index in [1.807, 2.05) is 19.0 Å². The van der Waals surface area contributed by atoms with Crippen molar-refractivity contribution < 1.29 is 6.22 Å². The van der Waals surface area contributed by atoms with E-state index in [4.69, 9.17) is 0 Å². The summed E-state index contributed by atoms with van der Waals surface area (Å²) in [4.78, 5) is 12.5. The van der Waals surface area contributed by atoms with Gasteiger partial charge in [0, 0.05) is 14.5 Å². The molecule has 0 heterocycles. The van der Waals surface area contributed by atoms with Gasteiger partial charge in [0.05, 0.1) is 0 Å². The third-order valence-electron chi connectivity index (χ3n) is 1.04. The molecule has 0 aromatic heterocycles. The van der Waals surface area contributed by atoms with Gasteiger partial charge in [0.2, 0.25) is 5.91 Å². The first-order chi connectivity index (χ1) is 4.66. The van der Waals surface area contributed by atoms with E-state index in [9.17, 15) is 4.79 Å². The van der Waals surface area contributed by atoms with Gasteiger partial charge in [-0.3, -0.25) is 4.79 Å². The van der Waals surface area contributed by atoms with Gasteiger partial charge in [0.15, 0.2) is 0 Å². The van der Waals surface area contributed by atoms with Crippen molar-refractivity contribution in [1.29, 1.82) is 0 Å². The number of rotatable bonds is 4.